The van der Waals surface area contributed by atoms with Crippen molar-refractivity contribution < 1.29 is 21.6 Å². The molecule has 0 amide bonds. The lowest BCUT2D eigenvalue weighted by molar-refractivity contribution is -0.137. The Morgan fingerprint density at radius 2 is 1.87 bits per heavy atom. The van der Waals surface area contributed by atoms with Gasteiger partial charge in [0.05, 0.1) is 17.5 Å². The summed E-state index contributed by atoms with van der Waals surface area (Å²) in [5, 5.41) is 8.72. The smallest absolute Gasteiger partial charge is 0.269 e. The number of halogens is 4. The third-order valence-electron chi connectivity index (χ3n) is 3.86. The zero-order valence-corrected chi connectivity index (χ0v) is 17.9. The molecule has 0 spiro atoms. The Labute approximate surface area is 180 Å². The Hall–Kier alpha value is -2.08. The van der Waals surface area contributed by atoms with E-state index in [0.29, 0.717) is 10.6 Å². The summed E-state index contributed by atoms with van der Waals surface area (Å²) in [6.07, 6.45) is -3.57. The van der Waals surface area contributed by atoms with Gasteiger partial charge in [0.25, 0.3) is 0 Å². The molecule has 0 radical (unpaired) electrons. The summed E-state index contributed by atoms with van der Waals surface area (Å²) in [6.45, 7) is 0.0871. The first-order valence-corrected chi connectivity index (χ1v) is 11.8. The molecule has 0 aliphatic carbocycles. The number of rotatable bonds is 7. The SMILES string of the molecule is CS(=O)(=O)NCCSc1nnc(-c2cccc(Cl)c2)n1-c1ccccc1C(F)(F)F. The van der Waals surface area contributed by atoms with Crippen LogP contribution in [0.25, 0.3) is 17.1 Å². The quantitative estimate of drug-likeness (QED) is 0.407. The molecule has 0 unspecified atom stereocenters. The van der Waals surface area contributed by atoms with Crippen molar-refractivity contribution in [2.45, 2.75) is 11.3 Å². The van der Waals surface area contributed by atoms with Crippen molar-refractivity contribution in [2.75, 3.05) is 18.6 Å². The lowest BCUT2D eigenvalue weighted by atomic mass is 10.1. The highest BCUT2D eigenvalue weighted by atomic mass is 35.5. The van der Waals surface area contributed by atoms with Gasteiger partial charge in [-0.05, 0) is 24.3 Å². The highest BCUT2D eigenvalue weighted by Crippen LogP contribution is 2.37. The topological polar surface area (TPSA) is 76.9 Å². The van der Waals surface area contributed by atoms with Crippen LogP contribution in [0.15, 0.2) is 53.7 Å². The first-order chi connectivity index (χ1) is 14.1. The maximum Gasteiger partial charge on any atom is 0.418 e. The molecule has 1 heterocycles. The lowest BCUT2D eigenvalue weighted by Crippen LogP contribution is -2.24. The van der Waals surface area contributed by atoms with Crippen molar-refractivity contribution in [3.8, 4) is 17.1 Å². The highest BCUT2D eigenvalue weighted by Gasteiger charge is 2.35. The Morgan fingerprint density at radius 1 is 1.13 bits per heavy atom. The number of benzene rings is 2. The van der Waals surface area contributed by atoms with E-state index in [1.54, 1.807) is 24.3 Å². The van der Waals surface area contributed by atoms with E-state index in [9.17, 15) is 21.6 Å². The fourth-order valence-electron chi connectivity index (χ4n) is 2.67. The van der Waals surface area contributed by atoms with Gasteiger partial charge in [-0.1, -0.05) is 47.6 Å². The van der Waals surface area contributed by atoms with Gasteiger partial charge in [0, 0.05) is 22.9 Å². The molecule has 1 N–H and O–H groups in total. The minimum Gasteiger partial charge on any atom is -0.269 e. The summed E-state index contributed by atoms with van der Waals surface area (Å²) in [5.41, 5.74) is -0.485. The molecule has 0 fully saturated rings. The van der Waals surface area contributed by atoms with E-state index in [-0.39, 0.29) is 29.0 Å². The van der Waals surface area contributed by atoms with Crippen LogP contribution in [0.2, 0.25) is 5.02 Å². The number of hydrogen-bond donors (Lipinski definition) is 1. The summed E-state index contributed by atoms with van der Waals surface area (Å²) >= 11 is 7.12. The third kappa shape index (κ3) is 5.54. The van der Waals surface area contributed by atoms with Crippen molar-refractivity contribution in [3.63, 3.8) is 0 Å². The fourth-order valence-corrected chi connectivity index (χ4v) is 4.26. The van der Waals surface area contributed by atoms with Crippen LogP contribution in [0, 0.1) is 0 Å². The van der Waals surface area contributed by atoms with Gasteiger partial charge in [0.2, 0.25) is 10.0 Å². The predicted molar refractivity (Wildman–Crippen MR) is 110 cm³/mol. The van der Waals surface area contributed by atoms with E-state index in [1.165, 1.54) is 22.8 Å². The second-order valence-corrected chi connectivity index (χ2v) is 9.51. The minimum atomic E-state index is -4.59. The maximum atomic E-state index is 13.6. The fraction of sp³-hybridized carbons (Fsp3) is 0.222. The van der Waals surface area contributed by atoms with E-state index in [4.69, 9.17) is 11.6 Å². The number of nitrogens with one attached hydrogen (secondary N) is 1. The van der Waals surface area contributed by atoms with E-state index >= 15 is 0 Å². The molecular formula is C18H16ClF3N4O2S2. The number of thioether (sulfide) groups is 1. The van der Waals surface area contributed by atoms with E-state index in [2.05, 4.69) is 14.9 Å². The van der Waals surface area contributed by atoms with Crippen molar-refractivity contribution in [1.29, 1.82) is 0 Å². The molecule has 30 heavy (non-hydrogen) atoms. The molecular weight excluding hydrogens is 461 g/mol. The molecule has 0 atom stereocenters. The van der Waals surface area contributed by atoms with Crippen LogP contribution in [-0.4, -0.2) is 41.7 Å². The van der Waals surface area contributed by atoms with Gasteiger partial charge in [0.15, 0.2) is 11.0 Å². The van der Waals surface area contributed by atoms with Crippen LogP contribution in [0.3, 0.4) is 0 Å². The first kappa shape index (κ1) is 22.6. The Kier molecular flexibility index (Phi) is 6.75. The Bertz CT molecular complexity index is 1150. The van der Waals surface area contributed by atoms with Gasteiger partial charge in [-0.3, -0.25) is 4.57 Å². The molecule has 0 aliphatic rings. The van der Waals surface area contributed by atoms with E-state index in [0.717, 1.165) is 24.1 Å². The summed E-state index contributed by atoms with van der Waals surface area (Å²) < 4.78 is 67.0. The zero-order valence-electron chi connectivity index (χ0n) is 15.5. The number of para-hydroxylation sites is 1. The van der Waals surface area contributed by atoms with Crippen LogP contribution in [-0.2, 0) is 16.2 Å². The molecule has 12 heteroatoms. The molecule has 2 aromatic carbocycles. The Morgan fingerprint density at radius 3 is 2.53 bits per heavy atom. The van der Waals surface area contributed by atoms with Gasteiger partial charge in [-0.2, -0.15) is 13.2 Å². The molecule has 0 saturated heterocycles. The maximum absolute atomic E-state index is 13.6. The molecule has 0 saturated carbocycles. The Balaban J connectivity index is 2.08. The van der Waals surface area contributed by atoms with Gasteiger partial charge in [-0.15, -0.1) is 10.2 Å². The third-order valence-corrected chi connectivity index (χ3v) is 5.76. The van der Waals surface area contributed by atoms with Crippen LogP contribution in [0.1, 0.15) is 5.56 Å². The lowest BCUT2D eigenvalue weighted by Gasteiger charge is -2.16. The average Bonchev–Trinajstić information content (AvgIpc) is 3.07. The highest BCUT2D eigenvalue weighted by molar-refractivity contribution is 7.99. The van der Waals surface area contributed by atoms with Crippen LogP contribution < -0.4 is 4.72 Å². The van der Waals surface area contributed by atoms with E-state index in [1.807, 2.05) is 0 Å². The normalized spacial score (nSPS) is 12.3. The number of hydrogen-bond acceptors (Lipinski definition) is 5. The van der Waals surface area contributed by atoms with Gasteiger partial charge < -0.3 is 0 Å². The monoisotopic (exact) mass is 476 g/mol. The molecule has 0 bridgehead atoms. The van der Waals surface area contributed by atoms with E-state index < -0.39 is 21.8 Å². The number of nitrogens with zero attached hydrogens (tertiary/aromatic N) is 3. The van der Waals surface area contributed by atoms with Crippen LogP contribution in [0.4, 0.5) is 13.2 Å². The second kappa shape index (κ2) is 8.96. The van der Waals surface area contributed by atoms with Crippen molar-refractivity contribution in [2.24, 2.45) is 0 Å². The summed E-state index contributed by atoms with van der Waals surface area (Å²) in [6, 6.07) is 11.7. The van der Waals surface area contributed by atoms with Crippen LogP contribution >= 0.6 is 23.4 Å². The molecule has 160 valence electrons. The number of sulfonamides is 1. The van der Waals surface area contributed by atoms with Gasteiger partial charge in [0.1, 0.15) is 0 Å². The predicted octanol–water partition coefficient (Wildman–Crippen LogP) is 4.25. The molecule has 0 aliphatic heterocycles. The van der Waals surface area contributed by atoms with Crippen molar-refractivity contribution in [1.82, 2.24) is 19.5 Å². The van der Waals surface area contributed by atoms with Crippen molar-refractivity contribution >= 4 is 33.4 Å². The molecule has 6 nitrogen and oxygen atoms in total. The summed E-state index contributed by atoms with van der Waals surface area (Å²) in [5.74, 6) is 0.433. The minimum absolute atomic E-state index is 0.0871. The molecule has 3 rings (SSSR count). The number of alkyl halides is 3. The summed E-state index contributed by atoms with van der Waals surface area (Å²) in [7, 11) is -3.38. The van der Waals surface area contributed by atoms with Crippen LogP contribution in [0.5, 0.6) is 0 Å². The number of aromatic nitrogens is 3. The second-order valence-electron chi connectivity index (χ2n) is 6.18. The zero-order chi connectivity index (χ0) is 21.9. The molecule has 3 aromatic rings. The molecule has 1 aromatic heterocycles. The summed E-state index contributed by atoms with van der Waals surface area (Å²) in [4.78, 5) is 0. The van der Waals surface area contributed by atoms with Crippen molar-refractivity contribution in [3.05, 3.63) is 59.1 Å². The van der Waals surface area contributed by atoms with Gasteiger partial charge >= 0.3 is 6.18 Å². The average molecular weight is 477 g/mol. The largest absolute Gasteiger partial charge is 0.418 e. The standard InChI is InChI=1S/C18H16ClF3N4O2S2/c1-30(27,28)23-9-10-29-17-25-24-16(12-5-4-6-13(19)11-12)26(17)15-8-3-2-7-14(15)18(20,21)22/h2-8,11,23H,9-10H2,1H3. The van der Waals surface area contributed by atoms with Gasteiger partial charge in [-0.25, -0.2) is 13.1 Å². The first-order valence-electron chi connectivity index (χ1n) is 8.51.